The molecular formula is C46H28N4S. The first-order chi connectivity index (χ1) is 25.3. The molecule has 0 bridgehead atoms. The molecule has 0 radical (unpaired) electrons. The van der Waals surface area contributed by atoms with Gasteiger partial charge in [0.2, 0.25) is 0 Å². The Hall–Kier alpha value is -6.56. The first-order valence-corrected chi connectivity index (χ1v) is 18.0. The van der Waals surface area contributed by atoms with Crippen LogP contribution in [0.2, 0.25) is 0 Å². The molecule has 0 aliphatic heterocycles. The molecule has 0 aliphatic rings. The third kappa shape index (κ3) is 4.25. The summed E-state index contributed by atoms with van der Waals surface area (Å²) in [6.07, 6.45) is 0. The minimum atomic E-state index is 0.742. The van der Waals surface area contributed by atoms with Gasteiger partial charge in [-0.05, 0) is 54.6 Å². The van der Waals surface area contributed by atoms with Gasteiger partial charge in [0.05, 0.1) is 38.0 Å². The van der Waals surface area contributed by atoms with Crippen LogP contribution in [0, 0.1) is 0 Å². The number of thiophene rings is 1. The zero-order chi connectivity index (χ0) is 33.5. The molecule has 51 heavy (non-hydrogen) atoms. The van der Waals surface area contributed by atoms with Crippen LogP contribution in [-0.2, 0) is 0 Å². The van der Waals surface area contributed by atoms with Gasteiger partial charge in [0, 0.05) is 54.1 Å². The lowest BCUT2D eigenvalue weighted by atomic mass is 10.1. The second-order valence-electron chi connectivity index (χ2n) is 13.0. The summed E-state index contributed by atoms with van der Waals surface area (Å²) in [5.74, 6) is 0.742. The van der Waals surface area contributed by atoms with Crippen LogP contribution in [0.25, 0.3) is 97.9 Å². The Balaban J connectivity index is 1.18. The highest BCUT2D eigenvalue weighted by Gasteiger charge is 2.20. The van der Waals surface area contributed by atoms with Crippen molar-refractivity contribution in [1.29, 1.82) is 0 Å². The average molecular weight is 669 g/mol. The van der Waals surface area contributed by atoms with E-state index in [1.165, 1.54) is 48.3 Å². The van der Waals surface area contributed by atoms with Crippen LogP contribution in [0.4, 0.5) is 0 Å². The van der Waals surface area contributed by atoms with Crippen LogP contribution in [0.1, 0.15) is 0 Å². The molecule has 4 nitrogen and oxygen atoms in total. The molecule has 11 aromatic rings. The van der Waals surface area contributed by atoms with E-state index in [0.29, 0.717) is 0 Å². The molecule has 0 fully saturated rings. The van der Waals surface area contributed by atoms with Crippen LogP contribution in [0.3, 0.4) is 0 Å². The van der Waals surface area contributed by atoms with E-state index < -0.39 is 0 Å². The van der Waals surface area contributed by atoms with Crippen LogP contribution >= 0.6 is 11.3 Å². The number of aromatic nitrogens is 4. The maximum absolute atomic E-state index is 5.19. The van der Waals surface area contributed by atoms with Crippen molar-refractivity contribution >= 4 is 75.3 Å². The number of hydrogen-bond acceptors (Lipinski definition) is 3. The molecule has 0 amide bonds. The van der Waals surface area contributed by atoms with E-state index in [4.69, 9.17) is 9.97 Å². The van der Waals surface area contributed by atoms with Crippen LogP contribution in [0.5, 0.6) is 0 Å². The van der Waals surface area contributed by atoms with Crippen molar-refractivity contribution in [3.05, 3.63) is 170 Å². The quantitative estimate of drug-likeness (QED) is 0.187. The van der Waals surface area contributed by atoms with E-state index in [9.17, 15) is 0 Å². The third-order valence-corrected chi connectivity index (χ3v) is 11.3. The zero-order valence-corrected chi connectivity index (χ0v) is 28.2. The van der Waals surface area contributed by atoms with Crippen molar-refractivity contribution in [2.75, 3.05) is 0 Å². The molecule has 0 aliphatic carbocycles. The first-order valence-electron chi connectivity index (χ1n) is 17.2. The van der Waals surface area contributed by atoms with Gasteiger partial charge in [-0.15, -0.1) is 11.3 Å². The van der Waals surface area contributed by atoms with Gasteiger partial charge in [-0.25, -0.2) is 9.97 Å². The van der Waals surface area contributed by atoms with Crippen molar-refractivity contribution in [3.8, 4) is 34.0 Å². The summed E-state index contributed by atoms with van der Waals surface area (Å²) in [4.78, 5) is 10.4. The van der Waals surface area contributed by atoms with Gasteiger partial charge >= 0.3 is 0 Å². The normalized spacial score (nSPS) is 11.9. The number of benzene rings is 7. The molecule has 11 rings (SSSR count). The molecule has 0 unspecified atom stereocenters. The number of para-hydroxylation sites is 3. The van der Waals surface area contributed by atoms with Gasteiger partial charge in [-0.2, -0.15) is 0 Å². The van der Waals surface area contributed by atoms with E-state index in [1.807, 2.05) is 18.2 Å². The topological polar surface area (TPSA) is 35.6 Å². The number of fused-ring (bicyclic) bond motifs is 9. The summed E-state index contributed by atoms with van der Waals surface area (Å²) in [6.45, 7) is 0. The lowest BCUT2D eigenvalue weighted by Gasteiger charge is -2.09. The highest BCUT2D eigenvalue weighted by Crippen LogP contribution is 2.43. The Morgan fingerprint density at radius 3 is 1.59 bits per heavy atom. The second kappa shape index (κ2) is 11.0. The Morgan fingerprint density at radius 1 is 0.392 bits per heavy atom. The van der Waals surface area contributed by atoms with Gasteiger partial charge < -0.3 is 9.13 Å². The van der Waals surface area contributed by atoms with Crippen LogP contribution in [-0.4, -0.2) is 19.1 Å². The lowest BCUT2D eigenvalue weighted by Crippen LogP contribution is -1.94. The number of nitrogens with zero attached hydrogens (tertiary/aromatic N) is 4. The van der Waals surface area contributed by atoms with Crippen molar-refractivity contribution < 1.29 is 0 Å². The molecule has 0 saturated heterocycles. The molecule has 5 heteroatoms. The Bertz CT molecular complexity index is 3120. The molecule has 4 aromatic heterocycles. The smallest absolute Gasteiger partial charge is 0.160 e. The molecular weight excluding hydrogens is 641 g/mol. The maximum atomic E-state index is 5.19. The predicted octanol–water partition coefficient (Wildman–Crippen LogP) is 12.4. The van der Waals surface area contributed by atoms with Crippen LogP contribution in [0.15, 0.2) is 170 Å². The zero-order valence-electron chi connectivity index (χ0n) is 27.4. The molecule has 238 valence electrons. The minimum absolute atomic E-state index is 0.742. The van der Waals surface area contributed by atoms with Gasteiger partial charge in [-0.3, -0.25) is 0 Å². The highest BCUT2D eigenvalue weighted by atomic mass is 32.1. The Kier molecular flexibility index (Phi) is 6.09. The summed E-state index contributed by atoms with van der Waals surface area (Å²) in [6, 6.07) is 60.6. The number of hydrogen-bond donors (Lipinski definition) is 0. The van der Waals surface area contributed by atoms with Gasteiger partial charge in [-0.1, -0.05) is 115 Å². The molecule has 0 saturated carbocycles. The van der Waals surface area contributed by atoms with Gasteiger partial charge in [0.1, 0.15) is 0 Å². The SMILES string of the molecule is c1ccc(-c2nc(-c3ccccc3)c3sc4cc(-n5c6ccccc6c6cc7c(cc65)c5ccccc5n7-c5ccccc5)ccc4c3n2)cc1. The first kappa shape index (κ1) is 28.3. The second-order valence-corrected chi connectivity index (χ2v) is 14.1. The molecule has 4 heterocycles. The van der Waals surface area contributed by atoms with Crippen molar-refractivity contribution in [2.45, 2.75) is 0 Å². The van der Waals surface area contributed by atoms with E-state index in [1.54, 1.807) is 11.3 Å². The largest absolute Gasteiger partial charge is 0.309 e. The maximum Gasteiger partial charge on any atom is 0.160 e. The molecule has 0 spiro atoms. The molecule has 0 N–H and O–H groups in total. The summed E-state index contributed by atoms with van der Waals surface area (Å²) < 4.78 is 7.12. The van der Waals surface area contributed by atoms with E-state index in [0.717, 1.165) is 49.6 Å². The summed E-state index contributed by atoms with van der Waals surface area (Å²) in [7, 11) is 0. The molecule has 0 atom stereocenters. The lowest BCUT2D eigenvalue weighted by molar-refractivity contribution is 1.18. The average Bonchev–Trinajstić information content (AvgIpc) is 3.84. The molecule has 7 aromatic carbocycles. The summed E-state index contributed by atoms with van der Waals surface area (Å²) >= 11 is 1.77. The summed E-state index contributed by atoms with van der Waals surface area (Å²) in [5, 5.41) is 6.10. The standard InChI is InChI=1S/C46H28N4S/c1-4-14-29(15-5-1)43-45-44(48-46(47-43)30-16-6-2-7-17-30)35-25-24-32(26-42(35)51-45)50-39-23-13-11-21-34(39)37-27-40-36(28-41(37)50)33-20-10-12-22-38(33)49(40)31-18-8-3-9-19-31/h1-28H. The minimum Gasteiger partial charge on any atom is -0.309 e. The van der Waals surface area contributed by atoms with Gasteiger partial charge in [0.15, 0.2) is 5.82 Å². The Morgan fingerprint density at radius 2 is 0.941 bits per heavy atom. The highest BCUT2D eigenvalue weighted by molar-refractivity contribution is 7.26. The summed E-state index contributed by atoms with van der Waals surface area (Å²) in [5.41, 5.74) is 11.1. The monoisotopic (exact) mass is 668 g/mol. The van der Waals surface area contributed by atoms with Crippen molar-refractivity contribution in [1.82, 2.24) is 19.1 Å². The third-order valence-electron chi connectivity index (χ3n) is 10.1. The van der Waals surface area contributed by atoms with Crippen molar-refractivity contribution in [3.63, 3.8) is 0 Å². The van der Waals surface area contributed by atoms with Crippen molar-refractivity contribution in [2.24, 2.45) is 0 Å². The fraction of sp³-hybridized carbons (Fsp3) is 0. The van der Waals surface area contributed by atoms with Gasteiger partial charge in [0.25, 0.3) is 0 Å². The van der Waals surface area contributed by atoms with E-state index >= 15 is 0 Å². The van der Waals surface area contributed by atoms with Crippen LogP contribution < -0.4 is 0 Å². The number of rotatable bonds is 4. The van der Waals surface area contributed by atoms with E-state index in [2.05, 4.69) is 161 Å². The predicted molar refractivity (Wildman–Crippen MR) is 214 cm³/mol. The fourth-order valence-corrected chi connectivity index (χ4v) is 9.03. The van der Waals surface area contributed by atoms with E-state index in [-0.39, 0.29) is 0 Å². The Labute approximate surface area is 297 Å². The fourth-order valence-electron chi connectivity index (χ4n) is 7.84.